The third-order valence-corrected chi connectivity index (χ3v) is 3.62. The first-order valence-corrected chi connectivity index (χ1v) is 7.80. The van der Waals surface area contributed by atoms with Crippen LogP contribution >= 0.6 is 11.5 Å². The SMILES string of the molecule is O=C(Nc1ccc(Oc2ccccc2)cc1C(F)(F)F)c1csnn1. The van der Waals surface area contributed by atoms with Gasteiger partial charge in [0.2, 0.25) is 0 Å². The minimum atomic E-state index is -4.67. The van der Waals surface area contributed by atoms with Crippen LogP contribution in [0.1, 0.15) is 16.1 Å². The Labute approximate surface area is 144 Å². The molecule has 1 amide bonds. The fourth-order valence-electron chi connectivity index (χ4n) is 2.00. The van der Waals surface area contributed by atoms with Crippen molar-refractivity contribution < 1.29 is 22.7 Å². The van der Waals surface area contributed by atoms with Gasteiger partial charge in [0.15, 0.2) is 5.69 Å². The minimum Gasteiger partial charge on any atom is -0.457 e. The maximum atomic E-state index is 13.3. The molecule has 3 rings (SSSR count). The Morgan fingerprint density at radius 2 is 1.84 bits per heavy atom. The Balaban J connectivity index is 1.89. The van der Waals surface area contributed by atoms with E-state index in [9.17, 15) is 18.0 Å². The third kappa shape index (κ3) is 4.13. The average molecular weight is 365 g/mol. The van der Waals surface area contributed by atoms with Crippen molar-refractivity contribution in [3.8, 4) is 11.5 Å². The van der Waals surface area contributed by atoms with Gasteiger partial charge in [-0.1, -0.05) is 22.7 Å². The number of carbonyl (C=O) groups excluding carboxylic acids is 1. The highest BCUT2D eigenvalue weighted by Crippen LogP contribution is 2.38. The summed E-state index contributed by atoms with van der Waals surface area (Å²) < 4.78 is 48.9. The van der Waals surface area contributed by atoms with E-state index < -0.39 is 17.6 Å². The predicted molar refractivity (Wildman–Crippen MR) is 85.8 cm³/mol. The van der Waals surface area contributed by atoms with Gasteiger partial charge in [0.1, 0.15) is 11.5 Å². The number of nitrogens with zero attached hydrogens (tertiary/aromatic N) is 2. The van der Waals surface area contributed by atoms with Crippen LogP contribution in [0.5, 0.6) is 11.5 Å². The van der Waals surface area contributed by atoms with Crippen molar-refractivity contribution in [1.82, 2.24) is 9.59 Å². The summed E-state index contributed by atoms with van der Waals surface area (Å²) in [4.78, 5) is 11.9. The lowest BCUT2D eigenvalue weighted by atomic mass is 10.1. The number of para-hydroxylation sites is 1. The van der Waals surface area contributed by atoms with E-state index >= 15 is 0 Å². The van der Waals surface area contributed by atoms with Crippen LogP contribution in [-0.2, 0) is 6.18 Å². The van der Waals surface area contributed by atoms with Gasteiger partial charge >= 0.3 is 6.18 Å². The lowest BCUT2D eigenvalue weighted by molar-refractivity contribution is -0.137. The first-order valence-electron chi connectivity index (χ1n) is 6.96. The standard InChI is InChI=1S/C16H10F3N3O2S/c17-16(18,19)12-8-11(24-10-4-2-1-3-5-10)6-7-13(12)20-15(23)14-9-25-22-21-14/h1-9H,(H,20,23). The Morgan fingerprint density at radius 1 is 1.08 bits per heavy atom. The molecule has 0 bridgehead atoms. The van der Waals surface area contributed by atoms with E-state index in [-0.39, 0.29) is 17.1 Å². The largest absolute Gasteiger partial charge is 0.457 e. The van der Waals surface area contributed by atoms with Crippen LogP contribution < -0.4 is 10.1 Å². The third-order valence-electron chi connectivity index (χ3n) is 3.12. The average Bonchev–Trinajstić information content (AvgIpc) is 3.11. The molecule has 0 aliphatic heterocycles. The summed E-state index contributed by atoms with van der Waals surface area (Å²) in [5.74, 6) is -0.358. The first-order chi connectivity index (χ1) is 11.9. The van der Waals surface area contributed by atoms with E-state index in [4.69, 9.17) is 4.74 Å². The molecule has 1 N–H and O–H groups in total. The number of ether oxygens (including phenoxy) is 1. The summed E-state index contributed by atoms with van der Waals surface area (Å²) in [6.45, 7) is 0. The number of rotatable bonds is 4. The Hall–Kier alpha value is -2.94. The second kappa shape index (κ2) is 6.89. The molecule has 0 saturated heterocycles. The number of alkyl halides is 3. The van der Waals surface area contributed by atoms with Gasteiger partial charge in [-0.2, -0.15) is 13.2 Å². The Morgan fingerprint density at radius 3 is 2.48 bits per heavy atom. The van der Waals surface area contributed by atoms with Gasteiger partial charge < -0.3 is 10.1 Å². The molecular formula is C16H10F3N3O2S. The van der Waals surface area contributed by atoms with Crippen molar-refractivity contribution in [2.75, 3.05) is 5.32 Å². The Bertz CT molecular complexity index is 868. The summed E-state index contributed by atoms with van der Waals surface area (Å²) in [5, 5.41) is 7.07. The number of amides is 1. The zero-order valence-electron chi connectivity index (χ0n) is 12.4. The summed E-state index contributed by atoms with van der Waals surface area (Å²) in [5.41, 5.74) is -1.45. The highest BCUT2D eigenvalue weighted by molar-refractivity contribution is 7.03. The molecule has 0 unspecified atom stereocenters. The Kier molecular flexibility index (Phi) is 4.66. The number of aromatic nitrogens is 2. The first kappa shape index (κ1) is 16.9. The predicted octanol–water partition coefficient (Wildman–Crippen LogP) is 4.60. The summed E-state index contributed by atoms with van der Waals surface area (Å²) in [6, 6.07) is 11.7. The lowest BCUT2D eigenvalue weighted by Crippen LogP contribution is -2.17. The van der Waals surface area contributed by atoms with Crippen LogP contribution in [0.3, 0.4) is 0 Å². The van der Waals surface area contributed by atoms with E-state index in [1.54, 1.807) is 30.3 Å². The molecule has 0 atom stereocenters. The molecule has 128 valence electrons. The zero-order valence-corrected chi connectivity index (χ0v) is 13.3. The van der Waals surface area contributed by atoms with E-state index in [1.807, 2.05) is 0 Å². The van der Waals surface area contributed by atoms with Crippen LogP contribution in [-0.4, -0.2) is 15.5 Å². The molecule has 2 aromatic carbocycles. The summed E-state index contributed by atoms with van der Waals surface area (Å²) in [7, 11) is 0. The maximum absolute atomic E-state index is 13.3. The topological polar surface area (TPSA) is 64.1 Å². The molecular weight excluding hydrogens is 355 g/mol. The van der Waals surface area contributed by atoms with Gasteiger partial charge in [-0.25, -0.2) is 0 Å². The second-order valence-corrected chi connectivity index (χ2v) is 5.47. The molecule has 1 heterocycles. The van der Waals surface area contributed by atoms with Crippen LogP contribution in [0.4, 0.5) is 18.9 Å². The highest BCUT2D eigenvalue weighted by Gasteiger charge is 2.34. The van der Waals surface area contributed by atoms with Gasteiger partial charge in [0.25, 0.3) is 5.91 Å². The molecule has 5 nitrogen and oxygen atoms in total. The van der Waals surface area contributed by atoms with E-state index in [0.717, 1.165) is 23.7 Å². The molecule has 0 saturated carbocycles. The molecule has 9 heteroatoms. The lowest BCUT2D eigenvalue weighted by Gasteiger charge is -2.15. The molecule has 0 spiro atoms. The fourth-order valence-corrected chi connectivity index (χ4v) is 2.44. The number of anilines is 1. The maximum Gasteiger partial charge on any atom is 0.418 e. The van der Waals surface area contributed by atoms with Crippen LogP contribution in [0.2, 0.25) is 0 Å². The minimum absolute atomic E-state index is 0.00634. The van der Waals surface area contributed by atoms with Crippen molar-refractivity contribution in [1.29, 1.82) is 0 Å². The van der Waals surface area contributed by atoms with E-state index in [2.05, 4.69) is 14.9 Å². The molecule has 3 aromatic rings. The van der Waals surface area contributed by atoms with Crippen LogP contribution in [0.15, 0.2) is 53.9 Å². The number of halogens is 3. The number of benzene rings is 2. The van der Waals surface area contributed by atoms with Gasteiger partial charge in [0.05, 0.1) is 11.3 Å². The molecule has 0 fully saturated rings. The van der Waals surface area contributed by atoms with Crippen LogP contribution in [0.25, 0.3) is 0 Å². The van der Waals surface area contributed by atoms with Crippen LogP contribution in [0, 0.1) is 0 Å². The highest BCUT2D eigenvalue weighted by atomic mass is 32.1. The van der Waals surface area contributed by atoms with Crippen molar-refractivity contribution in [3.63, 3.8) is 0 Å². The molecule has 0 radical (unpaired) electrons. The smallest absolute Gasteiger partial charge is 0.418 e. The van der Waals surface area contributed by atoms with Crippen molar-refractivity contribution in [2.45, 2.75) is 6.18 Å². The number of carbonyl (C=O) groups is 1. The number of hydrogen-bond acceptors (Lipinski definition) is 5. The second-order valence-electron chi connectivity index (χ2n) is 4.86. The molecule has 0 aliphatic rings. The van der Waals surface area contributed by atoms with Gasteiger partial charge in [-0.15, -0.1) is 5.10 Å². The van der Waals surface area contributed by atoms with Gasteiger partial charge in [0, 0.05) is 5.38 Å². The molecule has 1 aromatic heterocycles. The number of hydrogen-bond donors (Lipinski definition) is 1. The van der Waals surface area contributed by atoms with E-state index in [0.29, 0.717) is 5.75 Å². The molecule has 25 heavy (non-hydrogen) atoms. The zero-order chi connectivity index (χ0) is 17.9. The van der Waals surface area contributed by atoms with Gasteiger partial charge in [-0.3, -0.25) is 4.79 Å². The fraction of sp³-hybridized carbons (Fsp3) is 0.0625. The van der Waals surface area contributed by atoms with Crippen molar-refractivity contribution >= 4 is 23.1 Å². The normalized spacial score (nSPS) is 11.2. The van der Waals surface area contributed by atoms with Gasteiger partial charge in [-0.05, 0) is 41.9 Å². The van der Waals surface area contributed by atoms with Crippen molar-refractivity contribution in [2.24, 2.45) is 0 Å². The number of nitrogens with one attached hydrogen (secondary N) is 1. The van der Waals surface area contributed by atoms with E-state index in [1.165, 1.54) is 11.4 Å². The monoisotopic (exact) mass is 365 g/mol. The summed E-state index contributed by atoms with van der Waals surface area (Å²) >= 11 is 0.928. The van der Waals surface area contributed by atoms with Crippen molar-refractivity contribution in [3.05, 3.63) is 65.2 Å². The quantitative estimate of drug-likeness (QED) is 0.734. The molecule has 0 aliphatic carbocycles. The summed E-state index contributed by atoms with van der Waals surface area (Å²) in [6.07, 6.45) is -4.67.